The summed E-state index contributed by atoms with van der Waals surface area (Å²) >= 11 is 5.40. The lowest BCUT2D eigenvalue weighted by Crippen LogP contribution is -2.55. The molecular weight excluding hydrogens is 1070 g/mol. The maximum absolute atomic E-state index is 13.8. The highest BCUT2D eigenvalue weighted by atomic mass is 35.5. The number of piperidine rings is 6. The Hall–Kier alpha value is -8.21. The molecule has 15 heteroatoms. The van der Waals surface area contributed by atoms with Crippen LogP contribution in [0.3, 0.4) is 0 Å². The predicted octanol–water partition coefficient (Wildman–Crippen LogP) is 11.7. The van der Waals surface area contributed by atoms with Gasteiger partial charge >= 0.3 is 17.9 Å². The summed E-state index contributed by atoms with van der Waals surface area (Å²) in [6.07, 6.45) is 13.0. The van der Waals surface area contributed by atoms with Crippen LogP contribution in [0.1, 0.15) is 80.9 Å². The van der Waals surface area contributed by atoms with Crippen LogP contribution in [0.25, 0.3) is 43.4 Å². The summed E-state index contributed by atoms with van der Waals surface area (Å²) in [5, 5.41) is 35.0. The molecule has 3 N–H and O–H groups in total. The molecule has 0 aliphatic carbocycles. The molecule has 4 unspecified atom stereocenters. The van der Waals surface area contributed by atoms with Crippen LogP contribution < -0.4 is 9.47 Å². The number of carbonyl (C=O) groups is 4. The topological polar surface area (TPSA) is 189 Å². The van der Waals surface area contributed by atoms with E-state index in [4.69, 9.17) is 25.8 Å². The van der Waals surface area contributed by atoms with Gasteiger partial charge in [-0.05, 0) is 197 Å². The number of aromatic nitrogens is 2. The van der Waals surface area contributed by atoms with Crippen LogP contribution in [0.5, 0.6) is 11.5 Å². The number of hydrogen-bond donors (Lipinski definition) is 3. The molecular formula is C68H65ClN4O10. The first-order chi connectivity index (χ1) is 40.3. The molecule has 6 aromatic carbocycles. The zero-order chi connectivity index (χ0) is 58.3. The summed E-state index contributed by atoms with van der Waals surface area (Å²) in [6.45, 7) is 18.6. The van der Waals surface area contributed by atoms with E-state index < -0.39 is 35.4 Å². The predicted molar refractivity (Wildman–Crippen MR) is 322 cm³/mol. The number of halogens is 1. The van der Waals surface area contributed by atoms with Crippen molar-refractivity contribution in [2.75, 3.05) is 26.2 Å². The van der Waals surface area contributed by atoms with E-state index in [1.807, 2.05) is 60.7 Å². The number of aliphatic hydroxyl groups is 3. The van der Waals surface area contributed by atoms with Crippen molar-refractivity contribution < 1.29 is 48.7 Å². The standard InChI is InChI=1S/C34H32N2O5.C20H24N2O2.C14H9ClO3/c1-3-22-19-36-14-12-25(22)18-31(36)33(28-11-13-35-30-10-5-21(20-37)15-29(28)30)41-34(39)26-7-6-24-17-27(40-32(38)4-2)9-8-23(24)16-26;1-2-14-11-22-8-6-15(14)10-19(22)20(24)16-5-7-21-18-4-3-13(12-23)9-17(16)18;1-2-13(16)18-12-6-5-9-7-11(14(15)17)4-3-10(9)8-12/h3-11,13,15-17,22,25,31,33,37H,1-2,12,14,18-20H2;2-5,7,9,14-15,19-20,23-24H,1,6,8,10-12H2;2-8H,1H2/t22-,25?,31-,33-;14-,15?,19-,20-;/m00./s1. The minimum atomic E-state index is -0.531. The average Bonchev–Trinajstić information content (AvgIpc) is 3.68. The van der Waals surface area contributed by atoms with E-state index in [0.29, 0.717) is 46.3 Å². The molecule has 0 spiro atoms. The molecule has 0 amide bonds. The van der Waals surface area contributed by atoms with Crippen LogP contribution in [-0.2, 0) is 27.5 Å². The molecule has 14 nitrogen and oxygen atoms in total. The first-order valence-corrected chi connectivity index (χ1v) is 28.2. The molecule has 8 heterocycles. The van der Waals surface area contributed by atoms with Crippen LogP contribution >= 0.6 is 11.6 Å². The van der Waals surface area contributed by atoms with Crippen LogP contribution in [0.15, 0.2) is 184 Å². The second-order valence-electron chi connectivity index (χ2n) is 21.6. The third kappa shape index (κ3) is 12.9. The second kappa shape index (κ2) is 25.9. The summed E-state index contributed by atoms with van der Waals surface area (Å²) < 4.78 is 16.7. The number of rotatable bonds is 15. The fourth-order valence-corrected chi connectivity index (χ4v) is 12.5. The van der Waals surface area contributed by atoms with Gasteiger partial charge in [0.25, 0.3) is 5.24 Å². The van der Waals surface area contributed by atoms with Gasteiger partial charge in [-0.1, -0.05) is 61.7 Å². The number of aliphatic hydroxyl groups excluding tert-OH is 3. The number of carbonyl (C=O) groups excluding carboxylic acids is 4. The number of esters is 3. The van der Waals surface area contributed by atoms with Gasteiger partial charge < -0.3 is 29.5 Å². The Kier molecular flexibility index (Phi) is 18.1. The number of fused-ring (bicyclic) bond motifs is 10. The quantitative estimate of drug-likeness (QED) is 0.0289. The van der Waals surface area contributed by atoms with Gasteiger partial charge in [0, 0.05) is 65.6 Å². The summed E-state index contributed by atoms with van der Waals surface area (Å²) in [5.74, 6) is 1.49. The molecule has 2 aromatic heterocycles. The second-order valence-corrected chi connectivity index (χ2v) is 21.9. The summed E-state index contributed by atoms with van der Waals surface area (Å²) in [7, 11) is 0. The van der Waals surface area contributed by atoms with Crippen molar-refractivity contribution >= 4 is 78.1 Å². The lowest BCUT2D eigenvalue weighted by molar-refractivity contribution is -0.129. The van der Waals surface area contributed by atoms with Gasteiger partial charge in [0.15, 0.2) is 0 Å². The Morgan fingerprint density at radius 2 is 1.06 bits per heavy atom. The minimum absolute atomic E-state index is 0.000980. The van der Waals surface area contributed by atoms with Crippen LogP contribution in [0.2, 0.25) is 0 Å². The third-order valence-corrected chi connectivity index (χ3v) is 17.0. The van der Waals surface area contributed by atoms with Crippen LogP contribution in [0, 0.1) is 23.7 Å². The van der Waals surface area contributed by atoms with E-state index in [1.165, 1.54) is 6.42 Å². The molecule has 8 aromatic rings. The molecule has 6 aliphatic rings. The lowest BCUT2D eigenvalue weighted by atomic mass is 9.73. The largest absolute Gasteiger partial charge is 0.452 e. The Balaban J connectivity index is 0.000000154. The van der Waals surface area contributed by atoms with E-state index in [0.717, 1.165) is 123 Å². The van der Waals surface area contributed by atoms with E-state index in [9.17, 15) is 34.5 Å². The van der Waals surface area contributed by atoms with E-state index in [2.05, 4.69) is 58.2 Å². The highest BCUT2D eigenvalue weighted by Gasteiger charge is 2.45. The number of nitrogens with zero attached hydrogens (tertiary/aromatic N) is 4. The number of pyridine rings is 2. The van der Waals surface area contributed by atoms with Crippen molar-refractivity contribution in [3.05, 3.63) is 218 Å². The zero-order valence-corrected chi connectivity index (χ0v) is 46.7. The summed E-state index contributed by atoms with van der Waals surface area (Å²) in [5.41, 5.74) is 5.96. The fraction of sp³-hybridized carbons (Fsp3) is 0.265. The van der Waals surface area contributed by atoms with Gasteiger partial charge in [-0.3, -0.25) is 24.6 Å². The molecule has 0 radical (unpaired) electrons. The maximum atomic E-state index is 13.8. The Labute approximate surface area is 486 Å². The fourth-order valence-electron chi connectivity index (χ4n) is 12.4. The normalized spacial score (nSPS) is 22.0. The smallest absolute Gasteiger partial charge is 0.338 e. The van der Waals surface area contributed by atoms with Crippen molar-refractivity contribution in [3.63, 3.8) is 0 Å². The molecule has 6 saturated heterocycles. The zero-order valence-electron chi connectivity index (χ0n) is 45.9. The summed E-state index contributed by atoms with van der Waals surface area (Å²) in [4.78, 5) is 61.2. The number of ether oxygens (including phenoxy) is 3. The molecule has 14 rings (SSSR count). The average molecular weight is 1130 g/mol. The van der Waals surface area contributed by atoms with Crippen molar-refractivity contribution in [1.29, 1.82) is 0 Å². The van der Waals surface area contributed by atoms with E-state index in [1.54, 1.807) is 73.1 Å². The Morgan fingerprint density at radius 1 is 0.590 bits per heavy atom. The molecule has 6 aliphatic heterocycles. The molecule has 4 bridgehead atoms. The van der Waals surface area contributed by atoms with Crippen LogP contribution in [-0.4, -0.2) is 96.5 Å². The van der Waals surface area contributed by atoms with Gasteiger partial charge in [-0.25, -0.2) is 14.4 Å². The molecule has 6 fully saturated rings. The van der Waals surface area contributed by atoms with E-state index in [-0.39, 0.29) is 25.3 Å². The van der Waals surface area contributed by atoms with Gasteiger partial charge in [-0.15, -0.1) is 13.2 Å². The van der Waals surface area contributed by atoms with E-state index >= 15 is 0 Å². The molecule has 10 atom stereocenters. The maximum Gasteiger partial charge on any atom is 0.338 e. The Morgan fingerprint density at radius 3 is 1.54 bits per heavy atom. The first kappa shape index (κ1) is 58.0. The SMILES string of the molecule is C=CC(=O)Oc1ccc2cc(C(=O)Cl)ccc2c1.C=CC(=O)Oc1ccc2cc(C(=O)O[C@@H](c3ccnc4ccc(CO)cc34)[C@@H]3CC4CCN3C[C@@H]4C=C)ccc2c1.C=C[C@H]1CN2CCC1C[C@H]2[C@@H](O)c1ccnc2ccc(CO)cc12. The van der Waals surface area contributed by atoms with Crippen molar-refractivity contribution in [2.24, 2.45) is 23.7 Å². The van der Waals surface area contributed by atoms with Crippen molar-refractivity contribution in [3.8, 4) is 11.5 Å². The van der Waals surface area contributed by atoms with Gasteiger partial charge in [0.2, 0.25) is 0 Å². The molecule has 424 valence electrons. The van der Waals surface area contributed by atoms with Gasteiger partial charge in [0.05, 0.1) is 42.0 Å². The lowest BCUT2D eigenvalue weighted by Gasteiger charge is -2.51. The van der Waals surface area contributed by atoms with Gasteiger partial charge in [-0.2, -0.15) is 0 Å². The third-order valence-electron chi connectivity index (χ3n) is 16.8. The first-order valence-electron chi connectivity index (χ1n) is 27.8. The highest BCUT2D eigenvalue weighted by molar-refractivity contribution is 6.67. The summed E-state index contributed by atoms with van der Waals surface area (Å²) in [6, 6.07) is 36.2. The van der Waals surface area contributed by atoms with Crippen LogP contribution in [0.4, 0.5) is 0 Å². The highest BCUT2D eigenvalue weighted by Crippen LogP contribution is 2.45. The molecule has 0 saturated carbocycles. The van der Waals surface area contributed by atoms with Crippen molar-refractivity contribution in [1.82, 2.24) is 19.8 Å². The Bertz CT molecular complexity index is 3810. The monoisotopic (exact) mass is 1130 g/mol. The van der Waals surface area contributed by atoms with Gasteiger partial charge in [0.1, 0.15) is 17.6 Å². The van der Waals surface area contributed by atoms with Crippen molar-refractivity contribution in [2.45, 2.75) is 63.2 Å². The number of benzene rings is 6. The minimum Gasteiger partial charge on any atom is -0.452 e. The molecule has 83 heavy (non-hydrogen) atoms. The number of hydrogen-bond acceptors (Lipinski definition) is 14.